The van der Waals surface area contributed by atoms with Gasteiger partial charge in [0.15, 0.2) is 0 Å². The van der Waals surface area contributed by atoms with E-state index in [9.17, 15) is 9.90 Å². The molecule has 0 amide bonds. The Labute approximate surface area is 90.0 Å². The van der Waals surface area contributed by atoms with Crippen LogP contribution in [0.25, 0.3) is 0 Å². The fraction of sp³-hybridized carbons (Fsp3) is 0.900. The maximum atomic E-state index is 11.1. The molecule has 0 aromatic carbocycles. The molecule has 1 aliphatic rings. The van der Waals surface area contributed by atoms with Crippen molar-refractivity contribution in [3.8, 4) is 0 Å². The highest BCUT2D eigenvalue weighted by molar-refractivity contribution is 5.75. The van der Waals surface area contributed by atoms with E-state index in [1.807, 2.05) is 0 Å². The van der Waals surface area contributed by atoms with Crippen LogP contribution in [0.4, 0.5) is 0 Å². The van der Waals surface area contributed by atoms with Gasteiger partial charge >= 0.3 is 5.97 Å². The molecule has 3 atom stereocenters. The summed E-state index contributed by atoms with van der Waals surface area (Å²) >= 11 is 0. The van der Waals surface area contributed by atoms with Gasteiger partial charge in [0.2, 0.25) is 0 Å². The average molecular weight is 216 g/mol. The molecule has 0 spiro atoms. The first-order valence-electron chi connectivity index (χ1n) is 5.37. The number of methoxy groups -OCH3 is 1. The number of nitrogens with one attached hydrogen (secondary N) is 1. The first kappa shape index (κ1) is 12.4. The monoisotopic (exact) mass is 216 g/mol. The van der Waals surface area contributed by atoms with E-state index in [1.165, 1.54) is 7.11 Å². The lowest BCUT2D eigenvalue weighted by Crippen LogP contribution is -2.42. The molecule has 0 aliphatic carbocycles. The number of aliphatic hydroxyl groups is 1. The first-order valence-corrected chi connectivity index (χ1v) is 5.37. The number of nitrogens with two attached hydrogens (primary N) is 1. The third kappa shape index (κ3) is 3.77. The fourth-order valence-corrected chi connectivity index (χ4v) is 1.91. The largest absolute Gasteiger partial charge is 0.468 e. The number of hydrogen-bond donors (Lipinski definition) is 3. The summed E-state index contributed by atoms with van der Waals surface area (Å²) in [6, 6.07) is -0.716. The zero-order valence-electron chi connectivity index (χ0n) is 9.11. The molecule has 3 unspecified atom stereocenters. The Balaban J connectivity index is 2.33. The van der Waals surface area contributed by atoms with E-state index in [1.54, 1.807) is 0 Å². The van der Waals surface area contributed by atoms with Crippen molar-refractivity contribution in [2.24, 2.45) is 11.7 Å². The number of carbonyl (C=O) groups is 1. The fourth-order valence-electron chi connectivity index (χ4n) is 1.91. The van der Waals surface area contributed by atoms with Crippen LogP contribution in [-0.2, 0) is 9.53 Å². The molecule has 4 N–H and O–H groups in total. The molecule has 0 bridgehead atoms. The Morgan fingerprint density at radius 1 is 1.73 bits per heavy atom. The molecule has 0 saturated carbocycles. The number of ether oxygens (including phenoxy) is 1. The minimum atomic E-state index is -0.716. The zero-order chi connectivity index (χ0) is 11.3. The second-order valence-corrected chi connectivity index (χ2v) is 4.04. The van der Waals surface area contributed by atoms with E-state index in [2.05, 4.69) is 10.1 Å². The van der Waals surface area contributed by atoms with Crippen LogP contribution in [0.1, 0.15) is 19.3 Å². The number of carbonyl (C=O) groups excluding carboxylic acids is 1. The topological polar surface area (TPSA) is 84.6 Å². The highest BCUT2D eigenvalue weighted by Crippen LogP contribution is 2.17. The third-order valence-electron chi connectivity index (χ3n) is 2.88. The average Bonchev–Trinajstić information content (AvgIpc) is 2.29. The Morgan fingerprint density at radius 2 is 2.47 bits per heavy atom. The van der Waals surface area contributed by atoms with Crippen molar-refractivity contribution in [3.05, 3.63) is 0 Å². The molecule has 1 rings (SSSR count). The summed E-state index contributed by atoms with van der Waals surface area (Å²) in [7, 11) is 1.30. The molecule has 88 valence electrons. The molecule has 0 aromatic rings. The van der Waals surface area contributed by atoms with Gasteiger partial charge in [0, 0.05) is 6.54 Å². The van der Waals surface area contributed by atoms with Gasteiger partial charge in [0.25, 0.3) is 0 Å². The van der Waals surface area contributed by atoms with Gasteiger partial charge in [-0.2, -0.15) is 0 Å². The van der Waals surface area contributed by atoms with Crippen LogP contribution in [0, 0.1) is 5.92 Å². The second kappa shape index (κ2) is 6.05. The van der Waals surface area contributed by atoms with Gasteiger partial charge in [-0.25, -0.2) is 0 Å². The SMILES string of the molecule is COC(=O)C(N)CC(O)C1CCCNC1. The van der Waals surface area contributed by atoms with Gasteiger partial charge in [-0.3, -0.25) is 4.79 Å². The van der Waals surface area contributed by atoms with Gasteiger partial charge in [-0.05, 0) is 31.7 Å². The molecule has 0 aromatic heterocycles. The Morgan fingerprint density at radius 3 is 3.00 bits per heavy atom. The molecule has 1 fully saturated rings. The van der Waals surface area contributed by atoms with Crippen LogP contribution in [0.15, 0.2) is 0 Å². The Kier molecular flexibility index (Phi) is 5.01. The van der Waals surface area contributed by atoms with Crippen molar-refractivity contribution in [2.75, 3.05) is 20.2 Å². The van der Waals surface area contributed by atoms with Crippen molar-refractivity contribution in [1.29, 1.82) is 0 Å². The number of hydrogen-bond acceptors (Lipinski definition) is 5. The van der Waals surface area contributed by atoms with Crippen LogP contribution >= 0.6 is 0 Å². The van der Waals surface area contributed by atoms with Crippen molar-refractivity contribution >= 4 is 5.97 Å². The quantitative estimate of drug-likeness (QED) is 0.538. The summed E-state index contributed by atoms with van der Waals surface area (Å²) < 4.78 is 4.51. The van der Waals surface area contributed by atoms with Crippen molar-refractivity contribution in [2.45, 2.75) is 31.4 Å². The highest BCUT2D eigenvalue weighted by Gasteiger charge is 2.26. The molecule has 1 saturated heterocycles. The lowest BCUT2D eigenvalue weighted by Gasteiger charge is -2.28. The van der Waals surface area contributed by atoms with Crippen molar-refractivity contribution in [3.63, 3.8) is 0 Å². The summed E-state index contributed by atoms with van der Waals surface area (Å²) in [6.45, 7) is 1.81. The van der Waals surface area contributed by atoms with Gasteiger partial charge < -0.3 is 20.9 Å². The van der Waals surface area contributed by atoms with E-state index in [0.717, 1.165) is 25.9 Å². The van der Waals surface area contributed by atoms with Crippen LogP contribution in [0.2, 0.25) is 0 Å². The second-order valence-electron chi connectivity index (χ2n) is 4.04. The summed E-state index contributed by atoms with van der Waals surface area (Å²) in [6.07, 6.45) is 1.81. The maximum Gasteiger partial charge on any atom is 0.322 e. The number of aliphatic hydroxyl groups excluding tert-OH is 1. The molecular weight excluding hydrogens is 196 g/mol. The van der Waals surface area contributed by atoms with E-state index in [0.29, 0.717) is 0 Å². The molecule has 5 nitrogen and oxygen atoms in total. The number of esters is 1. The standard InChI is InChI=1S/C10H20N2O3/c1-15-10(14)8(11)5-9(13)7-3-2-4-12-6-7/h7-9,12-13H,2-6,11H2,1H3. The summed E-state index contributed by atoms with van der Waals surface area (Å²) in [5.74, 6) is -0.257. The van der Waals surface area contributed by atoms with E-state index in [4.69, 9.17) is 5.73 Å². The van der Waals surface area contributed by atoms with Crippen LogP contribution < -0.4 is 11.1 Å². The highest BCUT2D eigenvalue weighted by atomic mass is 16.5. The van der Waals surface area contributed by atoms with E-state index >= 15 is 0 Å². The predicted molar refractivity (Wildman–Crippen MR) is 56.2 cm³/mol. The first-order chi connectivity index (χ1) is 7.15. The molecule has 5 heteroatoms. The molecular formula is C10H20N2O3. The van der Waals surface area contributed by atoms with E-state index in [-0.39, 0.29) is 12.3 Å². The van der Waals surface area contributed by atoms with Crippen LogP contribution in [0.3, 0.4) is 0 Å². The number of rotatable bonds is 4. The van der Waals surface area contributed by atoms with Gasteiger partial charge in [0.1, 0.15) is 6.04 Å². The Hall–Kier alpha value is -0.650. The predicted octanol–water partition coefficient (Wildman–Crippen LogP) is -0.763. The Bertz CT molecular complexity index is 205. The summed E-state index contributed by atoms with van der Waals surface area (Å²) in [5.41, 5.74) is 5.58. The summed E-state index contributed by atoms with van der Waals surface area (Å²) in [5, 5.41) is 13.1. The van der Waals surface area contributed by atoms with Gasteiger partial charge in [0.05, 0.1) is 13.2 Å². The normalized spacial score (nSPS) is 25.7. The van der Waals surface area contributed by atoms with Gasteiger partial charge in [-0.1, -0.05) is 0 Å². The lowest BCUT2D eigenvalue weighted by molar-refractivity contribution is -0.143. The molecule has 0 radical (unpaired) electrons. The lowest BCUT2D eigenvalue weighted by atomic mass is 9.90. The molecule has 1 aliphatic heterocycles. The number of piperidine rings is 1. The maximum absolute atomic E-state index is 11.1. The van der Waals surface area contributed by atoms with Gasteiger partial charge in [-0.15, -0.1) is 0 Å². The molecule has 1 heterocycles. The van der Waals surface area contributed by atoms with Crippen molar-refractivity contribution in [1.82, 2.24) is 5.32 Å². The molecule has 15 heavy (non-hydrogen) atoms. The third-order valence-corrected chi connectivity index (χ3v) is 2.88. The zero-order valence-corrected chi connectivity index (χ0v) is 9.11. The minimum absolute atomic E-state index is 0.203. The van der Waals surface area contributed by atoms with Crippen molar-refractivity contribution < 1.29 is 14.6 Å². The van der Waals surface area contributed by atoms with Crippen LogP contribution in [0.5, 0.6) is 0 Å². The minimum Gasteiger partial charge on any atom is -0.468 e. The van der Waals surface area contributed by atoms with E-state index < -0.39 is 18.1 Å². The summed E-state index contributed by atoms with van der Waals surface area (Å²) in [4.78, 5) is 11.1. The smallest absolute Gasteiger partial charge is 0.322 e. The van der Waals surface area contributed by atoms with Crippen LogP contribution in [-0.4, -0.2) is 43.4 Å².